The molecular formula is C19H31N3O2. The largest absolute Gasteiger partial charge is 0.383 e. The number of nitrogens with one attached hydrogen (secondary N) is 1. The van der Waals surface area contributed by atoms with Gasteiger partial charge in [-0.2, -0.15) is 0 Å². The number of nitrogens with zero attached hydrogens (tertiary/aromatic N) is 2. The lowest BCUT2D eigenvalue weighted by Crippen LogP contribution is -2.52. The summed E-state index contributed by atoms with van der Waals surface area (Å²) in [6, 6.07) is 8.53. The van der Waals surface area contributed by atoms with Gasteiger partial charge in [0, 0.05) is 46.4 Å². The molecule has 1 N–H and O–H groups in total. The van der Waals surface area contributed by atoms with E-state index in [1.165, 1.54) is 5.56 Å². The number of carbonyl (C=O) groups is 1. The SMILES string of the molecule is COCCN1CCN(C(=O)NCc2ccc(C(C)(C)C)cc2)CC1. The minimum atomic E-state index is 0.0290. The van der Waals surface area contributed by atoms with Crippen LogP contribution in [0.3, 0.4) is 0 Å². The summed E-state index contributed by atoms with van der Waals surface area (Å²) in [6.07, 6.45) is 0. The summed E-state index contributed by atoms with van der Waals surface area (Å²) in [5.41, 5.74) is 2.60. The first-order chi connectivity index (χ1) is 11.4. The Morgan fingerprint density at radius 1 is 1.12 bits per heavy atom. The van der Waals surface area contributed by atoms with Crippen LogP contribution in [0.1, 0.15) is 31.9 Å². The fraction of sp³-hybridized carbons (Fsp3) is 0.632. The van der Waals surface area contributed by atoms with E-state index in [4.69, 9.17) is 4.74 Å². The molecule has 0 aromatic heterocycles. The maximum Gasteiger partial charge on any atom is 0.317 e. The number of methoxy groups -OCH3 is 1. The van der Waals surface area contributed by atoms with Crippen molar-refractivity contribution >= 4 is 6.03 Å². The zero-order valence-corrected chi connectivity index (χ0v) is 15.5. The Morgan fingerprint density at radius 2 is 1.75 bits per heavy atom. The van der Waals surface area contributed by atoms with Gasteiger partial charge in [-0.15, -0.1) is 0 Å². The monoisotopic (exact) mass is 333 g/mol. The molecule has 0 atom stereocenters. The van der Waals surface area contributed by atoms with E-state index in [2.05, 4.69) is 55.3 Å². The van der Waals surface area contributed by atoms with Crippen molar-refractivity contribution < 1.29 is 9.53 Å². The summed E-state index contributed by atoms with van der Waals surface area (Å²) in [6.45, 7) is 12.3. The van der Waals surface area contributed by atoms with Gasteiger partial charge in [0.1, 0.15) is 0 Å². The summed E-state index contributed by atoms with van der Waals surface area (Å²) in [5, 5.41) is 3.03. The normalized spacial score (nSPS) is 16.2. The van der Waals surface area contributed by atoms with Crippen LogP contribution in [0, 0.1) is 0 Å². The van der Waals surface area contributed by atoms with Crippen molar-refractivity contribution in [2.75, 3.05) is 46.4 Å². The first-order valence-electron chi connectivity index (χ1n) is 8.73. The number of piperazine rings is 1. The molecule has 1 saturated heterocycles. The van der Waals surface area contributed by atoms with Crippen LogP contribution in [0.15, 0.2) is 24.3 Å². The number of hydrogen-bond acceptors (Lipinski definition) is 3. The molecule has 2 rings (SSSR count). The summed E-state index contributed by atoms with van der Waals surface area (Å²) >= 11 is 0. The van der Waals surface area contributed by atoms with Crippen molar-refractivity contribution in [1.82, 2.24) is 15.1 Å². The van der Waals surface area contributed by atoms with E-state index >= 15 is 0 Å². The molecule has 1 fully saturated rings. The Hall–Kier alpha value is -1.59. The molecule has 134 valence electrons. The highest BCUT2D eigenvalue weighted by molar-refractivity contribution is 5.74. The number of carbonyl (C=O) groups excluding carboxylic acids is 1. The zero-order chi connectivity index (χ0) is 17.6. The molecule has 24 heavy (non-hydrogen) atoms. The smallest absolute Gasteiger partial charge is 0.317 e. The quantitative estimate of drug-likeness (QED) is 0.900. The number of urea groups is 1. The van der Waals surface area contributed by atoms with Gasteiger partial charge in [-0.05, 0) is 16.5 Å². The van der Waals surface area contributed by atoms with E-state index in [0.717, 1.165) is 44.9 Å². The summed E-state index contributed by atoms with van der Waals surface area (Å²) < 4.78 is 5.10. The van der Waals surface area contributed by atoms with E-state index in [1.807, 2.05) is 4.90 Å². The van der Waals surface area contributed by atoms with Gasteiger partial charge in [0.15, 0.2) is 0 Å². The third-order valence-corrected chi connectivity index (χ3v) is 4.53. The van der Waals surface area contributed by atoms with E-state index in [-0.39, 0.29) is 11.4 Å². The van der Waals surface area contributed by atoms with Crippen LogP contribution in [-0.2, 0) is 16.7 Å². The second-order valence-corrected chi connectivity index (χ2v) is 7.43. The highest BCUT2D eigenvalue weighted by Crippen LogP contribution is 2.22. The minimum Gasteiger partial charge on any atom is -0.383 e. The van der Waals surface area contributed by atoms with Gasteiger partial charge in [-0.1, -0.05) is 45.0 Å². The van der Waals surface area contributed by atoms with Gasteiger partial charge in [-0.25, -0.2) is 4.79 Å². The Balaban J connectivity index is 1.75. The fourth-order valence-electron chi connectivity index (χ4n) is 2.81. The Morgan fingerprint density at radius 3 is 2.29 bits per heavy atom. The van der Waals surface area contributed by atoms with Crippen molar-refractivity contribution in [1.29, 1.82) is 0 Å². The average molecular weight is 333 g/mol. The molecule has 0 saturated carbocycles. The zero-order valence-electron chi connectivity index (χ0n) is 15.5. The second-order valence-electron chi connectivity index (χ2n) is 7.43. The summed E-state index contributed by atoms with van der Waals surface area (Å²) in [5.74, 6) is 0. The van der Waals surface area contributed by atoms with E-state index in [1.54, 1.807) is 7.11 Å². The van der Waals surface area contributed by atoms with Gasteiger partial charge in [-0.3, -0.25) is 4.90 Å². The lowest BCUT2D eigenvalue weighted by molar-refractivity contribution is 0.106. The van der Waals surface area contributed by atoms with Crippen LogP contribution >= 0.6 is 0 Å². The second kappa shape index (κ2) is 8.49. The molecular weight excluding hydrogens is 302 g/mol. The van der Waals surface area contributed by atoms with Crippen LogP contribution in [0.25, 0.3) is 0 Å². The minimum absolute atomic E-state index is 0.0290. The van der Waals surface area contributed by atoms with Gasteiger partial charge < -0.3 is 15.0 Å². The molecule has 0 radical (unpaired) electrons. The molecule has 0 unspecified atom stereocenters. The number of rotatable bonds is 5. The van der Waals surface area contributed by atoms with Crippen LogP contribution in [-0.4, -0.2) is 62.3 Å². The van der Waals surface area contributed by atoms with Crippen molar-refractivity contribution in [2.45, 2.75) is 32.7 Å². The lowest BCUT2D eigenvalue weighted by atomic mass is 9.87. The molecule has 1 aliphatic heterocycles. The Bertz CT molecular complexity index is 514. The molecule has 1 aromatic rings. The maximum absolute atomic E-state index is 12.3. The molecule has 1 heterocycles. The standard InChI is InChI=1S/C19H31N3O2/c1-19(2,3)17-7-5-16(6-8-17)15-20-18(23)22-11-9-21(10-12-22)13-14-24-4/h5-8H,9-15H2,1-4H3,(H,20,23). The predicted octanol–water partition coefficient (Wildman–Crippen LogP) is 2.46. The Kier molecular flexibility index (Phi) is 6.63. The molecule has 0 bridgehead atoms. The highest BCUT2D eigenvalue weighted by atomic mass is 16.5. The topological polar surface area (TPSA) is 44.8 Å². The van der Waals surface area contributed by atoms with Crippen LogP contribution in [0.4, 0.5) is 4.79 Å². The maximum atomic E-state index is 12.3. The molecule has 5 nitrogen and oxygen atoms in total. The highest BCUT2D eigenvalue weighted by Gasteiger charge is 2.20. The van der Waals surface area contributed by atoms with Crippen molar-refractivity contribution in [3.8, 4) is 0 Å². The molecule has 0 aliphatic carbocycles. The molecule has 5 heteroatoms. The number of benzene rings is 1. The number of amides is 2. The van der Waals surface area contributed by atoms with E-state index < -0.39 is 0 Å². The number of hydrogen-bond donors (Lipinski definition) is 1. The fourth-order valence-corrected chi connectivity index (χ4v) is 2.81. The predicted molar refractivity (Wildman–Crippen MR) is 97.3 cm³/mol. The molecule has 1 aliphatic rings. The van der Waals surface area contributed by atoms with Crippen LogP contribution < -0.4 is 5.32 Å². The molecule has 1 aromatic carbocycles. The average Bonchev–Trinajstić information content (AvgIpc) is 2.58. The molecule has 0 spiro atoms. The van der Waals surface area contributed by atoms with E-state index in [9.17, 15) is 4.79 Å². The van der Waals surface area contributed by atoms with E-state index in [0.29, 0.717) is 6.54 Å². The van der Waals surface area contributed by atoms with Crippen LogP contribution in [0.5, 0.6) is 0 Å². The molecule has 2 amide bonds. The van der Waals surface area contributed by atoms with Crippen molar-refractivity contribution in [3.05, 3.63) is 35.4 Å². The summed E-state index contributed by atoms with van der Waals surface area (Å²) in [4.78, 5) is 16.5. The van der Waals surface area contributed by atoms with Crippen molar-refractivity contribution in [3.63, 3.8) is 0 Å². The third kappa shape index (κ3) is 5.49. The lowest BCUT2D eigenvalue weighted by Gasteiger charge is -2.34. The van der Waals surface area contributed by atoms with Gasteiger partial charge >= 0.3 is 6.03 Å². The third-order valence-electron chi connectivity index (χ3n) is 4.53. The first kappa shape index (κ1) is 18.7. The Labute approximate surface area is 146 Å². The first-order valence-corrected chi connectivity index (χ1v) is 8.73. The van der Waals surface area contributed by atoms with Gasteiger partial charge in [0.2, 0.25) is 0 Å². The van der Waals surface area contributed by atoms with Gasteiger partial charge in [0.05, 0.1) is 6.61 Å². The van der Waals surface area contributed by atoms with Gasteiger partial charge in [0.25, 0.3) is 0 Å². The van der Waals surface area contributed by atoms with Crippen molar-refractivity contribution in [2.24, 2.45) is 0 Å². The summed E-state index contributed by atoms with van der Waals surface area (Å²) in [7, 11) is 1.72. The van der Waals surface area contributed by atoms with Crippen LogP contribution in [0.2, 0.25) is 0 Å². The number of ether oxygens (including phenoxy) is 1.